The Morgan fingerprint density at radius 2 is 2.08 bits per heavy atom. The van der Waals surface area contributed by atoms with Crippen LogP contribution in [0.15, 0.2) is 77.3 Å². The van der Waals surface area contributed by atoms with E-state index in [4.69, 9.17) is 4.99 Å². The van der Waals surface area contributed by atoms with Crippen LogP contribution in [0.3, 0.4) is 0 Å². The van der Waals surface area contributed by atoms with Gasteiger partial charge in [0, 0.05) is 5.56 Å². The second-order valence-corrected chi connectivity index (χ2v) is 7.16. The van der Waals surface area contributed by atoms with Crippen molar-refractivity contribution < 1.29 is 4.79 Å². The molecule has 0 bridgehead atoms. The lowest BCUT2D eigenvalue weighted by molar-refractivity contribution is -0.112. The van der Waals surface area contributed by atoms with E-state index in [9.17, 15) is 4.79 Å². The number of carbonyl (C=O) groups excluding carboxylic acids is 1. The Morgan fingerprint density at radius 3 is 2.96 bits per heavy atom. The van der Waals surface area contributed by atoms with Gasteiger partial charge in [-0.2, -0.15) is 0 Å². The van der Waals surface area contributed by atoms with E-state index in [1.807, 2.05) is 65.0 Å². The summed E-state index contributed by atoms with van der Waals surface area (Å²) in [5.41, 5.74) is 5.89. The number of thiazole rings is 1. The fourth-order valence-corrected chi connectivity index (χ4v) is 4.17. The highest BCUT2D eigenvalue weighted by Gasteiger charge is 2.37. The number of para-hydroxylation sites is 1. The molecule has 1 unspecified atom stereocenters. The van der Waals surface area contributed by atoms with Gasteiger partial charge in [0.2, 0.25) is 0 Å². The predicted octanol–water partition coefficient (Wildman–Crippen LogP) is 4.65. The molecule has 0 N–H and O–H groups in total. The van der Waals surface area contributed by atoms with E-state index in [1.165, 1.54) is 0 Å². The normalized spacial score (nSPS) is 20.3. The van der Waals surface area contributed by atoms with Crippen LogP contribution in [-0.4, -0.2) is 22.6 Å². The van der Waals surface area contributed by atoms with E-state index >= 15 is 0 Å². The highest BCUT2D eigenvalue weighted by Crippen LogP contribution is 2.34. The predicted molar refractivity (Wildman–Crippen MR) is 106 cm³/mol. The molecule has 2 aromatic carbocycles. The number of aliphatic imine (C=N–C) groups is 1. The number of aromatic nitrogens is 1. The van der Waals surface area contributed by atoms with Gasteiger partial charge in [-0.25, -0.2) is 9.98 Å². The number of hydrogen-bond acceptors (Lipinski definition) is 4. The molecule has 0 spiro atoms. The van der Waals surface area contributed by atoms with Gasteiger partial charge in [-0.05, 0) is 30.7 Å². The molecule has 0 saturated carbocycles. The zero-order chi connectivity index (χ0) is 17.5. The summed E-state index contributed by atoms with van der Waals surface area (Å²) in [4.78, 5) is 24.1. The molecule has 0 radical (unpaired) electrons. The van der Waals surface area contributed by atoms with Crippen molar-refractivity contribution in [1.29, 1.82) is 0 Å². The van der Waals surface area contributed by atoms with E-state index in [1.54, 1.807) is 11.3 Å². The average molecular weight is 357 g/mol. The molecular formula is C21H15N3OS. The third-order valence-electron chi connectivity index (χ3n) is 4.69. The maximum Gasteiger partial charge on any atom is 0.278 e. The van der Waals surface area contributed by atoms with Gasteiger partial charge in [0.05, 0.1) is 33.1 Å². The monoisotopic (exact) mass is 357 g/mol. The van der Waals surface area contributed by atoms with Crippen LogP contribution in [0, 0.1) is 0 Å². The van der Waals surface area contributed by atoms with Gasteiger partial charge in [-0.1, -0.05) is 42.5 Å². The second kappa shape index (κ2) is 6.04. The van der Waals surface area contributed by atoms with Crippen LogP contribution in [0.4, 0.5) is 11.4 Å². The number of anilines is 1. The van der Waals surface area contributed by atoms with Crippen LogP contribution in [0.5, 0.6) is 0 Å². The molecule has 5 rings (SSSR count). The largest absolute Gasteiger partial charge is 0.299 e. The minimum atomic E-state index is -0.0412. The summed E-state index contributed by atoms with van der Waals surface area (Å²) in [6.45, 7) is 0. The highest BCUT2D eigenvalue weighted by molar-refractivity contribution is 7.16. The zero-order valence-electron chi connectivity index (χ0n) is 13.9. The number of benzene rings is 2. The summed E-state index contributed by atoms with van der Waals surface area (Å²) >= 11 is 1.58. The van der Waals surface area contributed by atoms with Crippen LogP contribution in [0.1, 0.15) is 12.0 Å². The highest BCUT2D eigenvalue weighted by atomic mass is 32.1. The van der Waals surface area contributed by atoms with Crippen molar-refractivity contribution in [3.8, 4) is 0 Å². The standard InChI is InChI=1S/C21H15N3OS/c25-21-20(23-14-10-11-17-19(12-14)26-13-22-17)16-8-4-5-9-18(16)24(21)15-6-2-1-3-7-15/h1-6,8-13,15H,7H2/b23-20-. The molecule has 2 heterocycles. The SMILES string of the molecule is O=C1/C(=N\c2ccc3ncsc3c2)c2ccccc2N1C1C=CC=CC1. The molecule has 5 heteroatoms. The molecular weight excluding hydrogens is 342 g/mol. The quantitative estimate of drug-likeness (QED) is 0.670. The fraction of sp³-hybridized carbons (Fsp3) is 0.0952. The van der Waals surface area contributed by atoms with Gasteiger partial charge in [0.25, 0.3) is 5.91 Å². The van der Waals surface area contributed by atoms with Crippen molar-refractivity contribution in [2.75, 3.05) is 4.90 Å². The van der Waals surface area contributed by atoms with Crippen molar-refractivity contribution in [2.24, 2.45) is 4.99 Å². The molecule has 1 atom stereocenters. The molecule has 1 aliphatic heterocycles. The topological polar surface area (TPSA) is 45.6 Å². The molecule has 1 amide bonds. The Balaban J connectivity index is 1.61. The van der Waals surface area contributed by atoms with Gasteiger partial charge < -0.3 is 0 Å². The first-order chi connectivity index (χ1) is 12.8. The van der Waals surface area contributed by atoms with Crippen LogP contribution in [0.25, 0.3) is 10.2 Å². The minimum absolute atomic E-state index is 0.0327. The fourth-order valence-electron chi connectivity index (χ4n) is 3.46. The maximum atomic E-state index is 13.2. The minimum Gasteiger partial charge on any atom is -0.299 e. The number of rotatable bonds is 2. The second-order valence-electron chi connectivity index (χ2n) is 6.27. The Kier molecular flexibility index (Phi) is 3.53. The lowest BCUT2D eigenvalue weighted by Crippen LogP contribution is -2.38. The number of fused-ring (bicyclic) bond motifs is 2. The van der Waals surface area contributed by atoms with E-state index in [2.05, 4.69) is 17.1 Å². The molecule has 1 aliphatic carbocycles. The number of carbonyl (C=O) groups is 1. The maximum absolute atomic E-state index is 13.2. The summed E-state index contributed by atoms with van der Waals surface area (Å²) < 4.78 is 1.07. The molecule has 1 aromatic heterocycles. The number of nitrogens with zero attached hydrogens (tertiary/aromatic N) is 3. The molecule has 3 aromatic rings. The van der Waals surface area contributed by atoms with E-state index in [0.29, 0.717) is 5.71 Å². The summed E-state index contributed by atoms with van der Waals surface area (Å²) in [5, 5.41) is 0. The van der Waals surface area contributed by atoms with E-state index < -0.39 is 0 Å². The van der Waals surface area contributed by atoms with E-state index in [0.717, 1.165) is 33.6 Å². The Bertz CT molecular complexity index is 1110. The number of hydrogen-bond donors (Lipinski definition) is 0. The molecule has 26 heavy (non-hydrogen) atoms. The van der Waals surface area contributed by atoms with Crippen LogP contribution < -0.4 is 4.90 Å². The van der Waals surface area contributed by atoms with Gasteiger partial charge in [0.15, 0.2) is 0 Å². The first kappa shape index (κ1) is 15.2. The number of allylic oxidation sites excluding steroid dienone is 2. The molecule has 0 fully saturated rings. The molecule has 0 saturated heterocycles. The Morgan fingerprint density at radius 1 is 1.15 bits per heavy atom. The Labute approximate surface area is 154 Å². The lowest BCUT2D eigenvalue weighted by atomic mass is 10.1. The summed E-state index contributed by atoms with van der Waals surface area (Å²) in [6.07, 6.45) is 8.99. The van der Waals surface area contributed by atoms with Gasteiger partial charge in [-0.3, -0.25) is 9.69 Å². The molecule has 4 nitrogen and oxygen atoms in total. The summed E-state index contributed by atoms with van der Waals surface area (Å²) in [5.74, 6) is -0.0412. The summed E-state index contributed by atoms with van der Waals surface area (Å²) in [7, 11) is 0. The van der Waals surface area contributed by atoms with Crippen LogP contribution in [-0.2, 0) is 4.79 Å². The van der Waals surface area contributed by atoms with Crippen molar-refractivity contribution in [3.05, 3.63) is 77.8 Å². The van der Waals surface area contributed by atoms with Gasteiger partial charge >= 0.3 is 0 Å². The summed E-state index contributed by atoms with van der Waals surface area (Å²) in [6, 6.07) is 13.8. The smallest absolute Gasteiger partial charge is 0.278 e. The van der Waals surface area contributed by atoms with Crippen molar-refractivity contribution >= 4 is 44.5 Å². The third kappa shape index (κ3) is 2.40. The zero-order valence-corrected chi connectivity index (χ0v) is 14.7. The lowest BCUT2D eigenvalue weighted by Gasteiger charge is -2.26. The number of amides is 1. The van der Waals surface area contributed by atoms with Gasteiger partial charge in [0.1, 0.15) is 5.71 Å². The average Bonchev–Trinajstić information content (AvgIpc) is 3.25. The molecule has 2 aliphatic rings. The van der Waals surface area contributed by atoms with Gasteiger partial charge in [-0.15, -0.1) is 11.3 Å². The van der Waals surface area contributed by atoms with Crippen molar-refractivity contribution in [2.45, 2.75) is 12.5 Å². The first-order valence-electron chi connectivity index (χ1n) is 8.49. The van der Waals surface area contributed by atoms with Crippen LogP contribution >= 0.6 is 11.3 Å². The molecule has 126 valence electrons. The van der Waals surface area contributed by atoms with Crippen molar-refractivity contribution in [1.82, 2.24) is 4.98 Å². The van der Waals surface area contributed by atoms with Crippen LogP contribution in [0.2, 0.25) is 0 Å². The van der Waals surface area contributed by atoms with E-state index in [-0.39, 0.29) is 11.9 Å². The van der Waals surface area contributed by atoms with Crippen molar-refractivity contribution in [3.63, 3.8) is 0 Å². The first-order valence-corrected chi connectivity index (χ1v) is 9.37. The Hall–Kier alpha value is -3.05. The third-order valence-corrected chi connectivity index (χ3v) is 5.48.